The Morgan fingerprint density at radius 1 is 1.45 bits per heavy atom. The van der Waals surface area contributed by atoms with Crippen LogP contribution in [0.5, 0.6) is 0 Å². The van der Waals surface area contributed by atoms with Gasteiger partial charge in [-0.1, -0.05) is 12.5 Å². The van der Waals surface area contributed by atoms with Gasteiger partial charge in [0, 0.05) is 6.20 Å². The molecule has 0 aliphatic carbocycles. The highest BCUT2D eigenvalue weighted by atomic mass is 32.1. The predicted octanol–water partition coefficient (Wildman–Crippen LogP) is 3.48. The molecule has 0 spiro atoms. The van der Waals surface area contributed by atoms with Crippen molar-refractivity contribution in [2.75, 3.05) is 6.54 Å². The lowest BCUT2D eigenvalue weighted by Crippen LogP contribution is -2.47. The molecule has 0 saturated carbocycles. The molecule has 1 aliphatic heterocycles. The summed E-state index contributed by atoms with van der Waals surface area (Å²) in [6, 6.07) is 5.54. The molecular formula is C17H20N2O2S. The van der Waals surface area contributed by atoms with E-state index >= 15 is 0 Å². The quantitative estimate of drug-likeness (QED) is 0.938. The monoisotopic (exact) mass is 316 g/mol. The fraction of sp³-hybridized carbons (Fsp3) is 0.412. The number of hydrogen-bond donors (Lipinski definition) is 1. The minimum Gasteiger partial charge on any atom is -0.480 e. The molecule has 0 aromatic carbocycles. The lowest BCUT2D eigenvalue weighted by molar-refractivity contribution is -0.145. The summed E-state index contributed by atoms with van der Waals surface area (Å²) < 4.78 is 0. The zero-order valence-electron chi connectivity index (χ0n) is 12.6. The van der Waals surface area contributed by atoms with Gasteiger partial charge in [-0.3, -0.25) is 14.7 Å². The molecule has 2 atom stereocenters. The molecule has 1 saturated heterocycles. The fourth-order valence-corrected chi connectivity index (χ4v) is 3.93. The first-order valence-corrected chi connectivity index (χ1v) is 8.55. The van der Waals surface area contributed by atoms with Crippen LogP contribution < -0.4 is 0 Å². The summed E-state index contributed by atoms with van der Waals surface area (Å²) >= 11 is 1.64. The van der Waals surface area contributed by atoms with Crippen LogP contribution in [-0.4, -0.2) is 33.5 Å². The zero-order valence-corrected chi connectivity index (χ0v) is 13.4. The van der Waals surface area contributed by atoms with Gasteiger partial charge in [0.05, 0.1) is 11.7 Å². The van der Waals surface area contributed by atoms with Crippen molar-refractivity contribution >= 4 is 17.3 Å². The third-order valence-electron chi connectivity index (χ3n) is 4.33. The normalized spacial score (nSPS) is 20.7. The number of piperidine rings is 1. The first-order chi connectivity index (χ1) is 10.7. The number of thiophene rings is 1. The molecule has 3 heterocycles. The third kappa shape index (κ3) is 2.91. The Bertz CT molecular complexity index is 642. The maximum atomic E-state index is 11.7. The van der Waals surface area contributed by atoms with Crippen LogP contribution in [0.3, 0.4) is 0 Å². The second kappa shape index (κ2) is 6.58. The number of likely N-dealkylation sites (tertiary alicyclic amines) is 1. The average Bonchev–Trinajstić information content (AvgIpc) is 3.04. The topological polar surface area (TPSA) is 53.4 Å². The Morgan fingerprint density at radius 3 is 3.00 bits per heavy atom. The number of nitrogens with zero attached hydrogens (tertiary/aromatic N) is 2. The molecule has 1 fully saturated rings. The van der Waals surface area contributed by atoms with Crippen LogP contribution in [0.2, 0.25) is 0 Å². The largest absolute Gasteiger partial charge is 0.480 e. The van der Waals surface area contributed by atoms with E-state index in [2.05, 4.69) is 21.3 Å². The number of carboxylic acid groups (broad SMARTS) is 1. The molecule has 1 aliphatic rings. The van der Waals surface area contributed by atoms with E-state index in [1.165, 1.54) is 0 Å². The van der Waals surface area contributed by atoms with E-state index in [0.717, 1.165) is 36.2 Å². The van der Waals surface area contributed by atoms with Crippen LogP contribution in [0, 0.1) is 6.92 Å². The lowest BCUT2D eigenvalue weighted by atomic mass is 9.94. The second-order valence-electron chi connectivity index (χ2n) is 5.75. The number of aromatic nitrogens is 1. The van der Waals surface area contributed by atoms with Gasteiger partial charge in [-0.05, 0) is 60.3 Å². The van der Waals surface area contributed by atoms with Crippen LogP contribution >= 0.6 is 11.3 Å². The first kappa shape index (κ1) is 15.2. The highest BCUT2D eigenvalue weighted by Gasteiger charge is 2.36. The van der Waals surface area contributed by atoms with E-state index in [1.54, 1.807) is 17.5 Å². The minimum atomic E-state index is -0.728. The highest BCUT2D eigenvalue weighted by Crippen LogP contribution is 2.35. The molecule has 2 aromatic heterocycles. The number of aliphatic carboxylic acids is 1. The lowest BCUT2D eigenvalue weighted by Gasteiger charge is -2.39. The highest BCUT2D eigenvalue weighted by molar-refractivity contribution is 7.08. The summed E-state index contributed by atoms with van der Waals surface area (Å²) in [5, 5.41) is 13.8. The summed E-state index contributed by atoms with van der Waals surface area (Å²) in [5.41, 5.74) is 3.21. The molecule has 0 bridgehead atoms. The van der Waals surface area contributed by atoms with Gasteiger partial charge >= 0.3 is 5.97 Å². The summed E-state index contributed by atoms with van der Waals surface area (Å²) in [5.74, 6) is -0.728. The summed E-state index contributed by atoms with van der Waals surface area (Å²) in [7, 11) is 0. The Kier molecular flexibility index (Phi) is 4.55. The zero-order chi connectivity index (χ0) is 15.5. The van der Waals surface area contributed by atoms with Gasteiger partial charge in [0.2, 0.25) is 0 Å². The van der Waals surface area contributed by atoms with Gasteiger partial charge < -0.3 is 5.11 Å². The summed E-state index contributed by atoms with van der Waals surface area (Å²) in [6.45, 7) is 2.84. The van der Waals surface area contributed by atoms with Crippen molar-refractivity contribution in [1.29, 1.82) is 0 Å². The van der Waals surface area contributed by atoms with Gasteiger partial charge in [-0.25, -0.2) is 0 Å². The minimum absolute atomic E-state index is 0.0751. The van der Waals surface area contributed by atoms with Crippen molar-refractivity contribution in [1.82, 2.24) is 9.88 Å². The number of pyridine rings is 1. The molecule has 2 unspecified atom stereocenters. The van der Waals surface area contributed by atoms with E-state index < -0.39 is 12.0 Å². The molecule has 4 nitrogen and oxygen atoms in total. The Labute approximate surface area is 134 Å². The van der Waals surface area contributed by atoms with Crippen molar-refractivity contribution in [2.45, 2.75) is 38.3 Å². The van der Waals surface area contributed by atoms with Crippen molar-refractivity contribution in [3.8, 4) is 0 Å². The third-order valence-corrected chi connectivity index (χ3v) is 5.03. The number of carbonyl (C=O) groups is 1. The van der Waals surface area contributed by atoms with Crippen LogP contribution in [0.15, 0.2) is 35.2 Å². The molecule has 2 aromatic rings. The van der Waals surface area contributed by atoms with E-state index in [-0.39, 0.29) is 6.04 Å². The number of aryl methyl sites for hydroxylation is 1. The van der Waals surface area contributed by atoms with Crippen molar-refractivity contribution in [3.05, 3.63) is 52.0 Å². The first-order valence-electron chi connectivity index (χ1n) is 7.60. The SMILES string of the molecule is Cc1cccnc1C(c1ccsc1)N1CCCCC1C(=O)O. The number of rotatable bonds is 4. The van der Waals surface area contributed by atoms with Gasteiger partial charge in [0.1, 0.15) is 6.04 Å². The van der Waals surface area contributed by atoms with Crippen LogP contribution in [0.25, 0.3) is 0 Å². The van der Waals surface area contributed by atoms with Gasteiger partial charge in [0.25, 0.3) is 0 Å². The van der Waals surface area contributed by atoms with E-state index in [0.29, 0.717) is 6.42 Å². The van der Waals surface area contributed by atoms with Crippen molar-refractivity contribution in [2.24, 2.45) is 0 Å². The summed E-state index contributed by atoms with van der Waals surface area (Å²) in [4.78, 5) is 18.4. The van der Waals surface area contributed by atoms with Crippen LogP contribution in [0.1, 0.15) is 42.1 Å². The fourth-order valence-electron chi connectivity index (χ4n) is 3.25. The van der Waals surface area contributed by atoms with Gasteiger partial charge in [-0.2, -0.15) is 11.3 Å². The van der Waals surface area contributed by atoms with E-state index in [4.69, 9.17) is 0 Å². The molecule has 22 heavy (non-hydrogen) atoms. The molecule has 116 valence electrons. The molecule has 3 rings (SSSR count). The predicted molar refractivity (Wildman–Crippen MR) is 87.1 cm³/mol. The Morgan fingerprint density at radius 2 is 2.32 bits per heavy atom. The Hall–Kier alpha value is -1.72. The standard InChI is InChI=1S/C17H20N2O2S/c1-12-5-4-8-18-15(12)16(13-7-10-22-11-13)19-9-3-2-6-14(19)17(20)21/h4-5,7-8,10-11,14,16H,2-3,6,9H2,1H3,(H,20,21). The molecule has 0 amide bonds. The van der Waals surface area contributed by atoms with Crippen molar-refractivity contribution < 1.29 is 9.90 Å². The van der Waals surface area contributed by atoms with E-state index in [1.807, 2.05) is 24.4 Å². The Balaban J connectivity index is 2.05. The number of hydrogen-bond acceptors (Lipinski definition) is 4. The van der Waals surface area contributed by atoms with Crippen LogP contribution in [-0.2, 0) is 4.79 Å². The maximum Gasteiger partial charge on any atom is 0.320 e. The molecule has 1 N–H and O–H groups in total. The van der Waals surface area contributed by atoms with Crippen molar-refractivity contribution in [3.63, 3.8) is 0 Å². The molecule has 5 heteroatoms. The number of carboxylic acids is 1. The smallest absolute Gasteiger partial charge is 0.320 e. The maximum absolute atomic E-state index is 11.7. The second-order valence-corrected chi connectivity index (χ2v) is 6.53. The molecular weight excluding hydrogens is 296 g/mol. The molecule has 0 radical (unpaired) electrons. The van der Waals surface area contributed by atoms with Crippen LogP contribution in [0.4, 0.5) is 0 Å². The van der Waals surface area contributed by atoms with Gasteiger partial charge in [-0.15, -0.1) is 0 Å². The van der Waals surface area contributed by atoms with E-state index in [9.17, 15) is 9.90 Å². The van der Waals surface area contributed by atoms with Gasteiger partial charge in [0.15, 0.2) is 0 Å². The summed E-state index contributed by atoms with van der Waals surface area (Å²) in [6.07, 6.45) is 4.52. The average molecular weight is 316 g/mol.